The summed E-state index contributed by atoms with van der Waals surface area (Å²) in [6.07, 6.45) is 2.32. The molecule has 26 heavy (non-hydrogen) atoms. The smallest absolute Gasteiger partial charge is 0.257 e. The van der Waals surface area contributed by atoms with Crippen LogP contribution in [0.25, 0.3) is 0 Å². The lowest BCUT2D eigenvalue weighted by atomic mass is 9.98. The van der Waals surface area contributed by atoms with E-state index in [2.05, 4.69) is 33.8 Å². The summed E-state index contributed by atoms with van der Waals surface area (Å²) in [7, 11) is 0. The number of nitrogens with one attached hydrogen (secondary N) is 1. The Bertz CT molecular complexity index is 737. The predicted octanol–water partition coefficient (Wildman–Crippen LogP) is 3.03. The second-order valence-corrected chi connectivity index (χ2v) is 7.58. The first-order valence-electron chi connectivity index (χ1n) is 8.87. The minimum atomic E-state index is -0.107. The first-order chi connectivity index (χ1) is 12.7. The zero-order chi connectivity index (χ0) is 18.2. The van der Waals surface area contributed by atoms with Crippen LogP contribution < -0.4 is 10.1 Å². The van der Waals surface area contributed by atoms with Gasteiger partial charge >= 0.3 is 0 Å². The van der Waals surface area contributed by atoms with Gasteiger partial charge in [0.1, 0.15) is 5.75 Å². The minimum absolute atomic E-state index is 0.00245. The molecule has 3 rings (SSSR count). The third-order valence-electron chi connectivity index (χ3n) is 4.50. The van der Waals surface area contributed by atoms with E-state index in [-0.39, 0.29) is 12.5 Å². The van der Waals surface area contributed by atoms with Crippen LogP contribution in [0.3, 0.4) is 0 Å². The fraction of sp³-hybridized carbons (Fsp3) is 0.400. The molecule has 1 amide bonds. The van der Waals surface area contributed by atoms with Crippen molar-refractivity contribution >= 4 is 17.2 Å². The number of thiophene rings is 1. The zero-order valence-electron chi connectivity index (χ0n) is 14.7. The average molecular weight is 369 g/mol. The second-order valence-electron chi connectivity index (χ2n) is 6.55. The molecule has 6 heteroatoms. The van der Waals surface area contributed by atoms with Crippen molar-refractivity contribution in [2.45, 2.75) is 19.4 Å². The van der Waals surface area contributed by atoms with E-state index >= 15 is 0 Å². The van der Waals surface area contributed by atoms with Gasteiger partial charge in [-0.05, 0) is 61.0 Å². The van der Waals surface area contributed by atoms with E-state index in [0.717, 1.165) is 26.1 Å². The number of hydrogen-bond donors (Lipinski definition) is 1. The van der Waals surface area contributed by atoms with Gasteiger partial charge in [-0.3, -0.25) is 9.69 Å². The number of likely N-dealkylation sites (tertiary alicyclic amines) is 1. The van der Waals surface area contributed by atoms with Crippen LogP contribution >= 0.6 is 11.3 Å². The molecule has 0 radical (unpaired) electrons. The maximum atomic E-state index is 12.0. The lowest BCUT2D eigenvalue weighted by Crippen LogP contribution is -2.41. The van der Waals surface area contributed by atoms with Crippen LogP contribution in [-0.2, 0) is 11.3 Å². The lowest BCUT2D eigenvalue weighted by molar-refractivity contribution is -0.123. The van der Waals surface area contributed by atoms with Gasteiger partial charge in [-0.1, -0.05) is 6.07 Å². The molecular formula is C20H23N3O2S. The number of nitrogens with zero attached hydrogens (tertiary/aromatic N) is 2. The van der Waals surface area contributed by atoms with Crippen molar-refractivity contribution in [3.8, 4) is 11.8 Å². The molecule has 1 fully saturated rings. The van der Waals surface area contributed by atoms with E-state index in [1.54, 1.807) is 35.6 Å². The first kappa shape index (κ1) is 18.4. The summed E-state index contributed by atoms with van der Waals surface area (Å²) in [5.74, 6) is 0.978. The summed E-state index contributed by atoms with van der Waals surface area (Å²) in [4.78, 5) is 15.9. The number of rotatable bonds is 7. The molecule has 1 aromatic heterocycles. The Hall–Kier alpha value is -2.36. The molecule has 1 saturated heterocycles. The minimum Gasteiger partial charge on any atom is -0.484 e. The summed E-state index contributed by atoms with van der Waals surface area (Å²) in [5, 5.41) is 13.9. The second kappa shape index (κ2) is 9.37. The molecule has 2 heterocycles. The Morgan fingerprint density at radius 2 is 2.19 bits per heavy atom. The molecule has 1 aliphatic heterocycles. The summed E-state index contributed by atoms with van der Waals surface area (Å²) in [5.41, 5.74) is 0.575. The number of benzene rings is 1. The van der Waals surface area contributed by atoms with Crippen molar-refractivity contribution in [3.05, 3.63) is 52.2 Å². The Balaban J connectivity index is 1.37. The molecular weight excluding hydrogens is 346 g/mol. The normalized spacial score (nSPS) is 17.4. The van der Waals surface area contributed by atoms with Crippen LogP contribution in [0.4, 0.5) is 0 Å². The number of hydrogen-bond acceptors (Lipinski definition) is 5. The van der Waals surface area contributed by atoms with Crippen LogP contribution in [0.2, 0.25) is 0 Å². The highest BCUT2D eigenvalue weighted by atomic mass is 32.1. The van der Waals surface area contributed by atoms with Gasteiger partial charge in [-0.15, -0.1) is 11.3 Å². The van der Waals surface area contributed by atoms with Gasteiger partial charge in [0.2, 0.25) is 0 Å². The predicted molar refractivity (Wildman–Crippen MR) is 102 cm³/mol. The molecule has 0 saturated carbocycles. The number of carbonyl (C=O) groups is 1. The number of nitriles is 1. The number of ether oxygens (including phenoxy) is 1. The largest absolute Gasteiger partial charge is 0.484 e. The topological polar surface area (TPSA) is 65.4 Å². The molecule has 1 N–H and O–H groups in total. The molecule has 0 aliphatic carbocycles. The maximum absolute atomic E-state index is 12.0. The highest BCUT2D eigenvalue weighted by Crippen LogP contribution is 2.20. The van der Waals surface area contributed by atoms with E-state index in [9.17, 15) is 4.79 Å². The van der Waals surface area contributed by atoms with Gasteiger partial charge in [0.15, 0.2) is 6.61 Å². The SMILES string of the molecule is N#Cc1ccc(OCC(=O)NC[C@@H]2CCCN(Cc3cccs3)C2)cc1. The average Bonchev–Trinajstić information content (AvgIpc) is 3.18. The van der Waals surface area contributed by atoms with Crippen molar-refractivity contribution in [3.63, 3.8) is 0 Å². The molecule has 2 aromatic rings. The van der Waals surface area contributed by atoms with E-state index < -0.39 is 0 Å². The van der Waals surface area contributed by atoms with Crippen LogP contribution in [0.5, 0.6) is 5.75 Å². The Morgan fingerprint density at radius 1 is 1.35 bits per heavy atom. The quantitative estimate of drug-likeness (QED) is 0.815. The van der Waals surface area contributed by atoms with Crippen molar-refractivity contribution < 1.29 is 9.53 Å². The summed E-state index contributed by atoms with van der Waals surface area (Å²) in [6, 6.07) is 13.1. The number of amides is 1. The third kappa shape index (κ3) is 5.58. The molecule has 0 bridgehead atoms. The highest BCUT2D eigenvalue weighted by Gasteiger charge is 2.20. The van der Waals surface area contributed by atoms with Gasteiger partial charge in [0.05, 0.1) is 11.6 Å². The lowest BCUT2D eigenvalue weighted by Gasteiger charge is -2.32. The molecule has 136 valence electrons. The molecule has 0 spiro atoms. The van der Waals surface area contributed by atoms with Crippen molar-refractivity contribution in [2.24, 2.45) is 5.92 Å². The van der Waals surface area contributed by atoms with E-state index in [0.29, 0.717) is 23.8 Å². The molecule has 1 aliphatic rings. The molecule has 1 atom stereocenters. The molecule has 0 unspecified atom stereocenters. The molecule has 1 aromatic carbocycles. The Labute approximate surface area is 158 Å². The first-order valence-corrected chi connectivity index (χ1v) is 9.75. The summed E-state index contributed by atoms with van der Waals surface area (Å²) >= 11 is 1.80. The van der Waals surface area contributed by atoms with E-state index in [1.807, 2.05) is 0 Å². The standard InChI is InChI=1S/C20H23N3O2S/c21-11-16-5-7-18(8-6-16)25-15-20(24)22-12-17-3-1-9-23(13-17)14-19-4-2-10-26-19/h2,4-8,10,17H,1,3,9,12-15H2,(H,22,24)/t17-/m0/s1. The van der Waals surface area contributed by atoms with Gasteiger partial charge in [-0.25, -0.2) is 0 Å². The summed E-state index contributed by atoms with van der Waals surface area (Å²) in [6.45, 7) is 3.84. The third-order valence-corrected chi connectivity index (χ3v) is 5.37. The maximum Gasteiger partial charge on any atom is 0.257 e. The van der Waals surface area contributed by atoms with Gasteiger partial charge in [-0.2, -0.15) is 5.26 Å². The summed E-state index contributed by atoms with van der Waals surface area (Å²) < 4.78 is 5.47. The van der Waals surface area contributed by atoms with Crippen LogP contribution in [0.15, 0.2) is 41.8 Å². The zero-order valence-corrected chi connectivity index (χ0v) is 15.5. The fourth-order valence-electron chi connectivity index (χ4n) is 3.17. The highest BCUT2D eigenvalue weighted by molar-refractivity contribution is 7.09. The van der Waals surface area contributed by atoms with Gasteiger partial charge < -0.3 is 10.1 Å². The monoisotopic (exact) mass is 369 g/mol. The van der Waals surface area contributed by atoms with Crippen LogP contribution in [0, 0.1) is 17.2 Å². The van der Waals surface area contributed by atoms with Crippen LogP contribution in [-0.4, -0.2) is 37.0 Å². The number of carbonyl (C=O) groups excluding carboxylic acids is 1. The Kier molecular flexibility index (Phi) is 6.64. The molecule has 5 nitrogen and oxygen atoms in total. The van der Waals surface area contributed by atoms with E-state index in [4.69, 9.17) is 10.00 Å². The Morgan fingerprint density at radius 3 is 2.92 bits per heavy atom. The fourth-order valence-corrected chi connectivity index (χ4v) is 3.91. The van der Waals surface area contributed by atoms with Crippen molar-refractivity contribution in [1.29, 1.82) is 5.26 Å². The van der Waals surface area contributed by atoms with Gasteiger partial charge in [0.25, 0.3) is 5.91 Å². The van der Waals surface area contributed by atoms with Crippen molar-refractivity contribution in [2.75, 3.05) is 26.2 Å². The van der Waals surface area contributed by atoms with Crippen LogP contribution in [0.1, 0.15) is 23.3 Å². The number of piperidine rings is 1. The van der Waals surface area contributed by atoms with Gasteiger partial charge in [0, 0.05) is 24.5 Å². The van der Waals surface area contributed by atoms with Crippen molar-refractivity contribution in [1.82, 2.24) is 10.2 Å². The van der Waals surface area contributed by atoms with E-state index in [1.165, 1.54) is 11.3 Å².